The van der Waals surface area contributed by atoms with Crippen LogP contribution in [0.15, 0.2) is 206 Å². The summed E-state index contributed by atoms with van der Waals surface area (Å²) >= 11 is 3.58. The molecule has 2 heterocycles. The van der Waals surface area contributed by atoms with Crippen LogP contribution >= 0.6 is 38.5 Å². The third-order valence-corrected chi connectivity index (χ3v) is 18.6. The van der Waals surface area contributed by atoms with Crippen LogP contribution in [0.4, 0.5) is 0 Å². The second kappa shape index (κ2) is 22.5. The predicted molar refractivity (Wildman–Crippen MR) is 262 cm³/mol. The van der Waals surface area contributed by atoms with Gasteiger partial charge < -0.3 is 12.8 Å². The van der Waals surface area contributed by atoms with Gasteiger partial charge in [-0.05, 0) is 82.2 Å². The number of fused-ring (bicyclic) bond motifs is 6. The molecule has 0 atom stereocenters. The van der Waals surface area contributed by atoms with Gasteiger partial charge in [0.15, 0.2) is 0 Å². The van der Waals surface area contributed by atoms with Crippen molar-refractivity contribution in [3.05, 3.63) is 230 Å². The SMILES string of the molecule is [Au+].[Au+].[C-]#Cc1ccc2sc3ccccc3c2c1.[C-]#Cc1ccc2sc3ccccc3c2c1.c1ccc([PH+](CC[PH+](c2ccccc2)c2ccccc2)c2ccccc2)cc1. The first-order chi connectivity index (χ1) is 28.7. The fourth-order valence-electron chi connectivity index (χ4n) is 7.33. The molecule has 0 saturated carbocycles. The van der Waals surface area contributed by atoms with Gasteiger partial charge in [0.25, 0.3) is 0 Å². The maximum absolute atomic E-state index is 7.13. The van der Waals surface area contributed by atoms with Crippen molar-refractivity contribution in [3.63, 3.8) is 0 Å². The molecule has 0 aliphatic carbocycles. The van der Waals surface area contributed by atoms with E-state index in [9.17, 15) is 0 Å². The Morgan fingerprint density at radius 1 is 0.333 bits per heavy atom. The summed E-state index contributed by atoms with van der Waals surface area (Å²) in [7, 11) is -1.57. The van der Waals surface area contributed by atoms with Crippen molar-refractivity contribution in [2.24, 2.45) is 0 Å². The van der Waals surface area contributed by atoms with Crippen LogP contribution in [0.5, 0.6) is 0 Å². The first-order valence-corrected chi connectivity index (χ1v) is 24.3. The summed E-state index contributed by atoms with van der Waals surface area (Å²) in [5, 5.41) is 11.1. The first-order valence-electron chi connectivity index (χ1n) is 19.3. The van der Waals surface area contributed by atoms with Crippen LogP contribution in [-0.4, -0.2) is 12.3 Å². The van der Waals surface area contributed by atoms with Gasteiger partial charge in [0.1, 0.15) is 12.3 Å². The summed E-state index contributed by atoms with van der Waals surface area (Å²) in [6.45, 7) is 0. The van der Waals surface area contributed by atoms with E-state index in [0.29, 0.717) is 0 Å². The van der Waals surface area contributed by atoms with E-state index in [1.165, 1.54) is 73.9 Å². The van der Waals surface area contributed by atoms with Crippen molar-refractivity contribution in [2.45, 2.75) is 0 Å². The number of thiophene rings is 2. The molecule has 0 fully saturated rings. The van der Waals surface area contributed by atoms with Crippen LogP contribution in [0.2, 0.25) is 0 Å². The summed E-state index contributed by atoms with van der Waals surface area (Å²) in [5.74, 6) is 4.86. The molecular formula is C54H40Au2P2S2+2. The number of hydrogen-bond donors (Lipinski definition) is 0. The molecular weight excluding hydrogens is 1170 g/mol. The number of hydrogen-bond acceptors (Lipinski definition) is 2. The first kappa shape index (κ1) is 45.2. The Morgan fingerprint density at radius 3 is 0.933 bits per heavy atom. The summed E-state index contributed by atoms with van der Waals surface area (Å²) in [6, 6.07) is 73.3. The normalized spacial score (nSPS) is 10.5. The largest absolute Gasteiger partial charge is 1.00 e. The quantitative estimate of drug-likeness (QED) is 0.0646. The zero-order valence-corrected chi connectivity index (χ0v) is 40.4. The molecule has 0 N–H and O–H groups in total. The van der Waals surface area contributed by atoms with Gasteiger partial charge in [-0.2, -0.15) is 0 Å². The molecule has 0 aliphatic rings. The van der Waals surface area contributed by atoms with E-state index in [4.69, 9.17) is 12.8 Å². The van der Waals surface area contributed by atoms with E-state index in [1.807, 2.05) is 24.3 Å². The third kappa shape index (κ3) is 10.9. The van der Waals surface area contributed by atoms with Gasteiger partial charge in [0, 0.05) is 18.8 Å². The maximum Gasteiger partial charge on any atom is 1.00 e. The fourth-order valence-corrected chi connectivity index (χ4v) is 15.7. The summed E-state index contributed by atoms with van der Waals surface area (Å²) < 4.78 is 5.15. The van der Waals surface area contributed by atoms with E-state index in [0.717, 1.165) is 11.1 Å². The summed E-state index contributed by atoms with van der Waals surface area (Å²) in [4.78, 5) is 0. The van der Waals surface area contributed by atoms with Gasteiger partial charge in [0.2, 0.25) is 0 Å². The van der Waals surface area contributed by atoms with Gasteiger partial charge in [-0.25, -0.2) is 0 Å². The molecule has 10 aromatic rings. The topological polar surface area (TPSA) is 0 Å². The fraction of sp³-hybridized carbons (Fsp3) is 0.0370. The summed E-state index contributed by atoms with van der Waals surface area (Å²) in [5.41, 5.74) is 1.68. The second-order valence-corrected chi connectivity index (χ2v) is 21.2. The Hall–Kier alpha value is -4.34. The van der Waals surface area contributed by atoms with E-state index in [1.54, 1.807) is 22.7 Å². The van der Waals surface area contributed by atoms with Gasteiger partial charge in [-0.1, -0.05) is 121 Å². The Morgan fingerprint density at radius 2 is 0.617 bits per heavy atom. The molecule has 298 valence electrons. The Balaban J connectivity index is 0.000000160. The molecule has 10 rings (SSSR count). The van der Waals surface area contributed by atoms with Crippen molar-refractivity contribution in [3.8, 4) is 11.8 Å². The smallest absolute Gasteiger partial charge is 0.366 e. The molecule has 0 nitrogen and oxygen atoms in total. The van der Waals surface area contributed by atoms with Crippen molar-refractivity contribution in [1.29, 1.82) is 0 Å². The van der Waals surface area contributed by atoms with Crippen molar-refractivity contribution >= 4 is 100 Å². The molecule has 8 aromatic carbocycles. The monoisotopic (exact) mass is 1210 g/mol. The molecule has 0 amide bonds. The molecule has 0 spiro atoms. The van der Waals surface area contributed by atoms with Crippen LogP contribution < -0.4 is 21.2 Å². The van der Waals surface area contributed by atoms with E-state index >= 15 is 0 Å². The van der Waals surface area contributed by atoms with Gasteiger partial charge in [-0.3, -0.25) is 11.8 Å². The molecule has 0 bridgehead atoms. The summed E-state index contributed by atoms with van der Waals surface area (Å²) in [6.07, 6.45) is 16.8. The average molecular weight is 1210 g/mol. The molecule has 60 heavy (non-hydrogen) atoms. The predicted octanol–water partition coefficient (Wildman–Crippen LogP) is 12.7. The molecule has 0 radical (unpaired) electrons. The van der Waals surface area contributed by atoms with Gasteiger partial charge >= 0.3 is 44.8 Å². The van der Waals surface area contributed by atoms with E-state index in [2.05, 4.69) is 194 Å². The maximum atomic E-state index is 7.13. The van der Waals surface area contributed by atoms with Crippen LogP contribution in [0.3, 0.4) is 0 Å². The van der Waals surface area contributed by atoms with Crippen LogP contribution in [-0.2, 0) is 44.8 Å². The molecule has 0 aliphatic heterocycles. The zero-order chi connectivity index (χ0) is 39.5. The van der Waals surface area contributed by atoms with Gasteiger partial charge in [0.05, 0.1) is 37.1 Å². The minimum atomic E-state index is -0.783. The van der Waals surface area contributed by atoms with E-state index < -0.39 is 15.8 Å². The molecule has 0 unspecified atom stereocenters. The molecule has 6 heteroatoms. The Bertz CT molecular complexity index is 2700. The molecule has 2 aromatic heterocycles. The Kier molecular flexibility index (Phi) is 16.9. The van der Waals surface area contributed by atoms with Crippen molar-refractivity contribution in [2.75, 3.05) is 12.3 Å². The number of benzene rings is 8. The standard InChI is InChI=1S/C26H24P2.2C14H7S.2Au/c1-5-13-23(14-6-1)27(24-15-7-2-8-16-24)21-22-28(25-17-9-3-10-18-25)26-19-11-4-12-20-26;2*1-2-10-7-8-14-12(9-10)11-5-3-4-6-13(11)15-14;;/h1-20H,21-22H2;2*3-9H;;/q;2*-1;2*+1/p+2. The third-order valence-electron chi connectivity index (χ3n) is 10.2. The second-order valence-electron chi connectivity index (χ2n) is 13.8. The van der Waals surface area contributed by atoms with Gasteiger partial charge in [-0.15, -0.1) is 58.1 Å². The Labute approximate surface area is 395 Å². The number of rotatable bonds is 7. The van der Waals surface area contributed by atoms with Crippen LogP contribution in [0.25, 0.3) is 40.3 Å². The van der Waals surface area contributed by atoms with E-state index in [-0.39, 0.29) is 44.8 Å². The average Bonchev–Trinajstić information content (AvgIpc) is 3.87. The van der Waals surface area contributed by atoms with Crippen LogP contribution in [0.1, 0.15) is 11.1 Å². The molecule has 0 saturated heterocycles. The van der Waals surface area contributed by atoms with Crippen LogP contribution in [0, 0.1) is 24.7 Å². The minimum absolute atomic E-state index is 0. The van der Waals surface area contributed by atoms with Crippen molar-refractivity contribution < 1.29 is 44.8 Å². The minimum Gasteiger partial charge on any atom is -0.366 e. The zero-order valence-electron chi connectivity index (χ0n) is 32.5. The van der Waals surface area contributed by atoms with Crippen molar-refractivity contribution in [1.82, 2.24) is 0 Å².